The number of carbonyl (C=O) groups is 3. The van der Waals surface area contributed by atoms with Crippen LogP contribution in [0.3, 0.4) is 0 Å². The predicted octanol–water partition coefficient (Wildman–Crippen LogP) is 2.15. The Morgan fingerprint density at radius 1 is 1.17 bits per heavy atom. The standard InChI is InChI=1S/C22H28O8/c1-11(2)8-16(24)27-14-9-22(5)15(29-22)6-7-21(4)19(30-21)18-17(14)13(20(25)28-18)10-26-12(3)23/h8,14-15,18-19H,6-7,9-10H2,1-5H3/t14-,15+,18-,19-,21+,22-/m1/s1. The normalized spacial score (nSPS) is 39.0. The van der Waals surface area contributed by atoms with E-state index in [9.17, 15) is 14.4 Å². The molecule has 0 radical (unpaired) electrons. The first-order chi connectivity index (χ1) is 14.0. The van der Waals surface area contributed by atoms with E-state index in [0.29, 0.717) is 12.0 Å². The van der Waals surface area contributed by atoms with Gasteiger partial charge < -0.3 is 23.7 Å². The van der Waals surface area contributed by atoms with Crippen molar-refractivity contribution in [1.29, 1.82) is 0 Å². The van der Waals surface area contributed by atoms with E-state index in [4.69, 9.17) is 23.7 Å². The lowest BCUT2D eigenvalue weighted by molar-refractivity contribution is -0.143. The van der Waals surface area contributed by atoms with E-state index in [1.807, 2.05) is 13.8 Å². The number of hydrogen-bond donors (Lipinski definition) is 0. The summed E-state index contributed by atoms with van der Waals surface area (Å²) in [4.78, 5) is 36.5. The van der Waals surface area contributed by atoms with Crippen LogP contribution < -0.4 is 0 Å². The van der Waals surface area contributed by atoms with Gasteiger partial charge in [-0.2, -0.15) is 0 Å². The van der Waals surface area contributed by atoms with Gasteiger partial charge in [-0.15, -0.1) is 0 Å². The highest BCUT2D eigenvalue weighted by atomic mass is 16.7. The van der Waals surface area contributed by atoms with Crippen molar-refractivity contribution < 1.29 is 38.1 Å². The zero-order chi connectivity index (χ0) is 21.8. The number of ether oxygens (including phenoxy) is 5. The van der Waals surface area contributed by atoms with E-state index in [0.717, 1.165) is 18.4 Å². The topological polar surface area (TPSA) is 104 Å². The average molecular weight is 420 g/mol. The summed E-state index contributed by atoms with van der Waals surface area (Å²) in [5, 5.41) is 0. The fourth-order valence-corrected chi connectivity index (χ4v) is 4.54. The molecule has 0 aromatic carbocycles. The molecule has 3 aliphatic heterocycles. The van der Waals surface area contributed by atoms with Crippen LogP contribution in [0, 0.1) is 0 Å². The van der Waals surface area contributed by atoms with Crippen molar-refractivity contribution in [1.82, 2.24) is 0 Å². The van der Waals surface area contributed by atoms with Crippen molar-refractivity contribution in [2.45, 2.75) is 89.5 Å². The molecule has 0 aromatic rings. The number of esters is 3. The Hall–Kier alpha value is -2.19. The van der Waals surface area contributed by atoms with E-state index in [1.54, 1.807) is 13.8 Å². The molecule has 0 aromatic heterocycles. The van der Waals surface area contributed by atoms with E-state index in [2.05, 4.69) is 0 Å². The molecule has 8 heteroatoms. The van der Waals surface area contributed by atoms with Crippen molar-refractivity contribution in [3.05, 3.63) is 22.8 Å². The van der Waals surface area contributed by atoms with Crippen LogP contribution in [0.1, 0.15) is 53.9 Å². The Kier molecular flexibility index (Phi) is 5.05. The van der Waals surface area contributed by atoms with Crippen LogP contribution in [-0.4, -0.2) is 60.1 Å². The number of epoxide rings is 2. The molecular weight excluding hydrogens is 392 g/mol. The number of hydrogen-bond acceptors (Lipinski definition) is 8. The minimum atomic E-state index is -0.753. The maximum absolute atomic E-state index is 12.7. The van der Waals surface area contributed by atoms with Crippen LogP contribution in [0.5, 0.6) is 0 Å². The Balaban J connectivity index is 1.74. The molecule has 3 fully saturated rings. The minimum Gasteiger partial charge on any atom is -0.461 e. The van der Waals surface area contributed by atoms with Crippen LogP contribution in [0.25, 0.3) is 0 Å². The van der Waals surface area contributed by atoms with Gasteiger partial charge in [0.2, 0.25) is 0 Å². The lowest BCUT2D eigenvalue weighted by Gasteiger charge is -2.25. The molecule has 3 heterocycles. The lowest BCUT2D eigenvalue weighted by atomic mass is 9.83. The minimum absolute atomic E-state index is 0.0379. The van der Waals surface area contributed by atoms with Crippen molar-refractivity contribution >= 4 is 17.9 Å². The summed E-state index contributed by atoms with van der Waals surface area (Å²) >= 11 is 0. The smallest absolute Gasteiger partial charge is 0.338 e. The van der Waals surface area contributed by atoms with Crippen LogP contribution >= 0.6 is 0 Å². The zero-order valence-corrected chi connectivity index (χ0v) is 18.0. The Bertz CT molecular complexity index is 853. The molecule has 0 spiro atoms. The summed E-state index contributed by atoms with van der Waals surface area (Å²) in [5.41, 5.74) is 0.622. The third-order valence-corrected chi connectivity index (χ3v) is 6.31. The van der Waals surface area contributed by atoms with Crippen LogP contribution in [-0.2, 0) is 38.1 Å². The van der Waals surface area contributed by atoms with Gasteiger partial charge in [0.1, 0.15) is 18.8 Å². The highest BCUT2D eigenvalue weighted by Crippen LogP contribution is 2.54. The summed E-state index contributed by atoms with van der Waals surface area (Å²) < 4.78 is 28.5. The van der Waals surface area contributed by atoms with Gasteiger partial charge in [0.05, 0.1) is 22.9 Å². The second-order valence-corrected chi connectivity index (χ2v) is 9.20. The lowest BCUT2D eigenvalue weighted by Crippen LogP contribution is -2.36. The molecule has 0 N–H and O–H groups in total. The van der Waals surface area contributed by atoms with Crippen molar-refractivity contribution in [3.63, 3.8) is 0 Å². The van der Waals surface area contributed by atoms with Crippen LogP contribution in [0.2, 0.25) is 0 Å². The maximum atomic E-state index is 12.7. The monoisotopic (exact) mass is 420 g/mol. The molecule has 164 valence electrons. The van der Waals surface area contributed by atoms with Gasteiger partial charge >= 0.3 is 17.9 Å². The predicted molar refractivity (Wildman–Crippen MR) is 103 cm³/mol. The molecule has 0 amide bonds. The SMILES string of the molecule is CC(=O)OCC1=C2[C@@H](OC1=O)[C@H]1O[C@@]1(C)CC[C@@H]1O[C@]1(C)C[C@H]2OC(=O)C=C(C)C. The van der Waals surface area contributed by atoms with Crippen molar-refractivity contribution in [2.75, 3.05) is 6.61 Å². The molecule has 4 aliphatic rings. The van der Waals surface area contributed by atoms with Gasteiger partial charge in [-0.05, 0) is 40.5 Å². The molecule has 1 aliphatic carbocycles. The molecule has 2 saturated heterocycles. The van der Waals surface area contributed by atoms with E-state index < -0.39 is 41.3 Å². The van der Waals surface area contributed by atoms with Crippen molar-refractivity contribution in [2.24, 2.45) is 0 Å². The Morgan fingerprint density at radius 2 is 1.90 bits per heavy atom. The summed E-state index contributed by atoms with van der Waals surface area (Å²) in [6.07, 6.45) is 1.65. The van der Waals surface area contributed by atoms with Gasteiger partial charge in [-0.1, -0.05) is 5.57 Å². The molecule has 30 heavy (non-hydrogen) atoms. The Morgan fingerprint density at radius 3 is 2.57 bits per heavy atom. The summed E-state index contributed by atoms with van der Waals surface area (Å²) in [6, 6.07) is 0. The van der Waals surface area contributed by atoms with Crippen LogP contribution in [0.15, 0.2) is 22.8 Å². The fraction of sp³-hybridized carbons (Fsp3) is 0.682. The van der Waals surface area contributed by atoms with Crippen molar-refractivity contribution in [3.8, 4) is 0 Å². The largest absolute Gasteiger partial charge is 0.461 e. The summed E-state index contributed by atoms with van der Waals surface area (Å²) in [5.74, 6) is -1.59. The number of fused-ring (bicyclic) bond motifs is 4. The first-order valence-corrected chi connectivity index (χ1v) is 10.3. The highest BCUT2D eigenvalue weighted by Gasteiger charge is 2.65. The average Bonchev–Trinajstić information content (AvgIpc) is 3.44. The molecule has 0 bridgehead atoms. The van der Waals surface area contributed by atoms with E-state index in [1.165, 1.54) is 13.0 Å². The van der Waals surface area contributed by atoms with Gasteiger partial charge in [-0.3, -0.25) is 4.79 Å². The van der Waals surface area contributed by atoms with Gasteiger partial charge in [0, 0.05) is 25.0 Å². The van der Waals surface area contributed by atoms with Gasteiger partial charge in [-0.25, -0.2) is 9.59 Å². The third kappa shape index (κ3) is 3.90. The molecule has 8 nitrogen and oxygen atoms in total. The number of rotatable bonds is 4. The zero-order valence-electron chi connectivity index (χ0n) is 18.0. The second kappa shape index (κ2) is 7.20. The first kappa shape index (κ1) is 21.1. The summed E-state index contributed by atoms with van der Waals surface area (Å²) in [6.45, 7) is 8.60. The molecular formula is C22H28O8. The quantitative estimate of drug-likeness (QED) is 0.295. The first-order valence-electron chi connectivity index (χ1n) is 10.3. The fourth-order valence-electron chi connectivity index (χ4n) is 4.54. The third-order valence-electron chi connectivity index (χ3n) is 6.31. The highest BCUT2D eigenvalue weighted by molar-refractivity contribution is 5.93. The molecule has 4 rings (SSSR count). The number of carbonyl (C=O) groups excluding carboxylic acids is 3. The molecule has 0 unspecified atom stereocenters. The summed E-state index contributed by atoms with van der Waals surface area (Å²) in [7, 11) is 0. The van der Waals surface area contributed by atoms with E-state index >= 15 is 0 Å². The number of allylic oxidation sites excluding steroid dienone is 1. The van der Waals surface area contributed by atoms with Gasteiger partial charge in [0.25, 0.3) is 0 Å². The molecule has 1 saturated carbocycles. The van der Waals surface area contributed by atoms with E-state index in [-0.39, 0.29) is 24.4 Å². The second-order valence-electron chi connectivity index (χ2n) is 9.20. The Labute approximate surface area is 175 Å². The maximum Gasteiger partial charge on any atom is 0.338 e. The molecule has 6 atom stereocenters. The van der Waals surface area contributed by atoms with Gasteiger partial charge in [0.15, 0.2) is 6.10 Å². The van der Waals surface area contributed by atoms with Crippen LogP contribution in [0.4, 0.5) is 0 Å².